The van der Waals surface area contributed by atoms with Crippen molar-refractivity contribution in [3.63, 3.8) is 0 Å². The number of nitrogens with one attached hydrogen (secondary N) is 1. The summed E-state index contributed by atoms with van der Waals surface area (Å²) < 4.78 is 0. The maximum absolute atomic E-state index is 12.5. The minimum absolute atomic E-state index is 0. The van der Waals surface area contributed by atoms with E-state index < -0.39 is 5.41 Å². The predicted molar refractivity (Wildman–Crippen MR) is 111 cm³/mol. The normalized spacial score (nSPS) is 19.2. The Morgan fingerprint density at radius 3 is 2.54 bits per heavy atom. The van der Waals surface area contributed by atoms with Crippen molar-refractivity contribution in [3.8, 4) is 0 Å². The molecule has 0 aliphatic carbocycles. The lowest BCUT2D eigenvalue weighted by molar-refractivity contribution is -0.133. The predicted octanol–water partition coefficient (Wildman–Crippen LogP) is 3.10. The number of hydrogen-bond acceptors (Lipinski definition) is 5. The maximum Gasteiger partial charge on any atom is 0.231 e. The zero-order valence-corrected chi connectivity index (χ0v) is 18.4. The molecule has 3 N–H and O–H groups in total. The van der Waals surface area contributed by atoms with Crippen molar-refractivity contribution >= 4 is 53.1 Å². The van der Waals surface area contributed by atoms with Crippen LogP contribution in [0.25, 0.3) is 0 Å². The fourth-order valence-corrected chi connectivity index (χ4v) is 3.29. The van der Waals surface area contributed by atoms with Crippen LogP contribution in [0.3, 0.4) is 0 Å². The average Bonchev–Trinajstić information content (AvgIpc) is 2.87. The number of halogens is 2. The highest BCUT2D eigenvalue weighted by molar-refractivity contribution is 7.13. The first-order chi connectivity index (χ1) is 11.0. The summed E-state index contributed by atoms with van der Waals surface area (Å²) in [5, 5.41) is 5.17. The van der Waals surface area contributed by atoms with Crippen LogP contribution in [0, 0.1) is 10.8 Å². The molecule has 0 bridgehead atoms. The van der Waals surface area contributed by atoms with Gasteiger partial charge in [-0.3, -0.25) is 9.59 Å². The Balaban J connectivity index is 0.00000312. The highest BCUT2D eigenvalue weighted by Crippen LogP contribution is 2.28. The number of likely N-dealkylation sites (tertiary alicyclic amines) is 1. The third-order valence-corrected chi connectivity index (χ3v) is 5.26. The van der Waals surface area contributed by atoms with Crippen LogP contribution in [-0.2, 0) is 16.0 Å². The molecular weight excluding hydrogens is 395 g/mol. The Kier molecular flexibility index (Phi) is 9.03. The molecule has 1 aliphatic heterocycles. The lowest BCUT2D eigenvalue weighted by Crippen LogP contribution is -2.54. The van der Waals surface area contributed by atoms with Crippen LogP contribution in [0.4, 0.5) is 5.13 Å². The fourth-order valence-electron chi connectivity index (χ4n) is 2.58. The number of thiazole rings is 1. The second-order valence-electron chi connectivity index (χ2n) is 8.22. The number of amides is 2. The van der Waals surface area contributed by atoms with Gasteiger partial charge in [0.15, 0.2) is 5.13 Å². The molecule has 2 heterocycles. The zero-order chi connectivity index (χ0) is 18.1. The van der Waals surface area contributed by atoms with Crippen LogP contribution < -0.4 is 11.1 Å². The lowest BCUT2D eigenvalue weighted by Gasteiger charge is -2.42. The quantitative estimate of drug-likeness (QED) is 0.779. The summed E-state index contributed by atoms with van der Waals surface area (Å²) in [6, 6.07) is 0.125. The van der Waals surface area contributed by atoms with Crippen LogP contribution in [0.2, 0.25) is 0 Å². The average molecular weight is 425 g/mol. The number of aromatic nitrogens is 1. The molecular formula is C17H30Cl2N4O2S. The molecule has 0 radical (unpaired) electrons. The van der Waals surface area contributed by atoms with Crippen LogP contribution >= 0.6 is 36.2 Å². The summed E-state index contributed by atoms with van der Waals surface area (Å²) in [6.45, 7) is 11.1. The summed E-state index contributed by atoms with van der Waals surface area (Å²) in [5.74, 6) is -0.0181. The van der Waals surface area contributed by atoms with Gasteiger partial charge in [-0.2, -0.15) is 0 Å². The van der Waals surface area contributed by atoms with Crippen molar-refractivity contribution in [2.24, 2.45) is 16.6 Å². The Morgan fingerprint density at radius 1 is 1.38 bits per heavy atom. The van der Waals surface area contributed by atoms with Gasteiger partial charge in [0, 0.05) is 29.9 Å². The molecule has 2 amide bonds. The van der Waals surface area contributed by atoms with Gasteiger partial charge in [-0.1, -0.05) is 34.6 Å². The van der Waals surface area contributed by atoms with E-state index >= 15 is 0 Å². The second kappa shape index (κ2) is 9.35. The highest BCUT2D eigenvalue weighted by Gasteiger charge is 2.35. The smallest absolute Gasteiger partial charge is 0.231 e. The van der Waals surface area contributed by atoms with Crippen molar-refractivity contribution in [1.82, 2.24) is 9.88 Å². The number of nitrogens with two attached hydrogens (primary N) is 1. The molecule has 0 aromatic carbocycles. The summed E-state index contributed by atoms with van der Waals surface area (Å²) in [4.78, 5) is 30.7. The van der Waals surface area contributed by atoms with Gasteiger partial charge in [0.2, 0.25) is 11.8 Å². The van der Waals surface area contributed by atoms with E-state index in [9.17, 15) is 9.59 Å². The third kappa shape index (κ3) is 6.37. The van der Waals surface area contributed by atoms with Crippen molar-refractivity contribution in [3.05, 3.63) is 11.1 Å². The van der Waals surface area contributed by atoms with E-state index in [4.69, 9.17) is 5.73 Å². The van der Waals surface area contributed by atoms with Crippen LogP contribution in [0.15, 0.2) is 5.38 Å². The molecule has 9 heteroatoms. The molecule has 1 fully saturated rings. The van der Waals surface area contributed by atoms with Crippen molar-refractivity contribution in [2.45, 2.75) is 53.5 Å². The Morgan fingerprint density at radius 2 is 2.00 bits per heavy atom. The third-order valence-electron chi connectivity index (χ3n) is 4.45. The first kappa shape index (κ1) is 25.1. The van der Waals surface area contributed by atoms with Crippen LogP contribution in [-0.4, -0.2) is 40.8 Å². The summed E-state index contributed by atoms with van der Waals surface area (Å²) in [5.41, 5.74) is 6.28. The van der Waals surface area contributed by atoms with Gasteiger partial charge in [-0.15, -0.1) is 36.2 Å². The number of nitrogens with zero attached hydrogens (tertiary/aromatic N) is 2. The molecule has 1 unspecified atom stereocenters. The summed E-state index contributed by atoms with van der Waals surface area (Å²) >= 11 is 1.35. The van der Waals surface area contributed by atoms with Gasteiger partial charge in [0.1, 0.15) is 0 Å². The second-order valence-corrected chi connectivity index (χ2v) is 9.08. The van der Waals surface area contributed by atoms with E-state index in [1.807, 2.05) is 31.1 Å². The van der Waals surface area contributed by atoms with Gasteiger partial charge in [0.25, 0.3) is 0 Å². The van der Waals surface area contributed by atoms with E-state index in [0.717, 1.165) is 6.42 Å². The van der Waals surface area contributed by atoms with Crippen molar-refractivity contribution < 1.29 is 9.59 Å². The van der Waals surface area contributed by atoms with Gasteiger partial charge in [0.05, 0.1) is 12.1 Å². The Bertz CT molecular complexity index is 629. The number of hydrogen-bond donors (Lipinski definition) is 2. The maximum atomic E-state index is 12.5. The van der Waals surface area contributed by atoms with Gasteiger partial charge >= 0.3 is 0 Å². The van der Waals surface area contributed by atoms with E-state index in [1.54, 1.807) is 0 Å². The lowest BCUT2D eigenvalue weighted by atomic mass is 9.79. The van der Waals surface area contributed by atoms with Gasteiger partial charge < -0.3 is 16.0 Å². The highest BCUT2D eigenvalue weighted by atomic mass is 35.5. The largest absolute Gasteiger partial charge is 0.342 e. The zero-order valence-electron chi connectivity index (χ0n) is 16.0. The van der Waals surface area contributed by atoms with Crippen molar-refractivity contribution in [2.75, 3.05) is 18.4 Å². The molecule has 1 aromatic rings. The molecule has 2 rings (SSSR count). The van der Waals surface area contributed by atoms with Crippen LogP contribution in [0.1, 0.15) is 46.7 Å². The molecule has 1 aliphatic rings. The van der Waals surface area contributed by atoms with Crippen LogP contribution in [0.5, 0.6) is 0 Å². The van der Waals surface area contributed by atoms with Gasteiger partial charge in [-0.05, 0) is 11.8 Å². The number of anilines is 1. The standard InChI is InChI=1S/C17H28N4O2S.2ClH/c1-16(2,3)14(23)20-15-19-11(9-24-15)8-13(22)21-7-6-12(18)17(4,5)10-21;;/h9,12H,6-8,10,18H2,1-5H3,(H,19,20,23);2*1H. The topological polar surface area (TPSA) is 88.3 Å². The molecule has 1 saturated heterocycles. The number of rotatable bonds is 3. The van der Waals surface area contributed by atoms with E-state index in [-0.39, 0.29) is 54.5 Å². The Labute approximate surface area is 172 Å². The minimum Gasteiger partial charge on any atom is -0.342 e. The molecule has 1 atom stereocenters. The first-order valence-corrected chi connectivity index (χ1v) is 9.16. The molecule has 26 heavy (non-hydrogen) atoms. The number of carbonyl (C=O) groups is 2. The molecule has 150 valence electrons. The fraction of sp³-hybridized carbons (Fsp3) is 0.706. The SMILES string of the molecule is CC(C)(C)C(=O)Nc1nc(CC(=O)N2CCC(N)C(C)(C)C2)cs1.Cl.Cl. The number of carbonyl (C=O) groups excluding carboxylic acids is 2. The molecule has 1 aromatic heterocycles. The monoisotopic (exact) mass is 424 g/mol. The van der Waals surface area contributed by atoms with E-state index in [0.29, 0.717) is 23.9 Å². The first-order valence-electron chi connectivity index (χ1n) is 8.28. The Hall–Kier alpha value is -0.890. The molecule has 0 saturated carbocycles. The number of piperidine rings is 1. The minimum atomic E-state index is -0.472. The molecule has 0 spiro atoms. The van der Waals surface area contributed by atoms with Gasteiger partial charge in [-0.25, -0.2) is 4.98 Å². The van der Waals surface area contributed by atoms with E-state index in [1.165, 1.54) is 11.3 Å². The summed E-state index contributed by atoms with van der Waals surface area (Å²) in [7, 11) is 0. The summed E-state index contributed by atoms with van der Waals surface area (Å²) in [6.07, 6.45) is 1.08. The van der Waals surface area contributed by atoms with Crippen molar-refractivity contribution in [1.29, 1.82) is 0 Å². The molecule has 6 nitrogen and oxygen atoms in total. The van der Waals surface area contributed by atoms with E-state index in [2.05, 4.69) is 24.1 Å².